The van der Waals surface area contributed by atoms with Crippen LogP contribution in [0.25, 0.3) is 5.69 Å². The number of hydrogen-bond acceptors (Lipinski definition) is 6. The van der Waals surface area contributed by atoms with Crippen LogP contribution in [0.4, 0.5) is 5.69 Å². The second kappa shape index (κ2) is 7.17. The Morgan fingerprint density at radius 2 is 2.04 bits per heavy atom. The van der Waals surface area contributed by atoms with Gasteiger partial charge in [-0.05, 0) is 25.0 Å². The summed E-state index contributed by atoms with van der Waals surface area (Å²) >= 11 is 6.24. The normalized spacial score (nSPS) is 16.5. The van der Waals surface area contributed by atoms with Crippen LogP contribution >= 0.6 is 11.6 Å². The van der Waals surface area contributed by atoms with E-state index in [-0.39, 0.29) is 22.0 Å². The van der Waals surface area contributed by atoms with Crippen LogP contribution in [0.5, 0.6) is 0 Å². The Kier molecular flexibility index (Phi) is 4.94. The third-order valence-corrected chi connectivity index (χ3v) is 4.64. The van der Waals surface area contributed by atoms with Crippen LogP contribution in [0.2, 0.25) is 5.02 Å². The molecule has 136 valence electrons. The molecule has 0 unspecified atom stereocenters. The molecule has 0 amide bonds. The molecule has 0 spiro atoms. The van der Waals surface area contributed by atoms with Gasteiger partial charge in [0.1, 0.15) is 11.1 Å². The summed E-state index contributed by atoms with van der Waals surface area (Å²) in [7, 11) is 1.24. The van der Waals surface area contributed by atoms with Crippen LogP contribution < -0.4 is 10.5 Å². The predicted molar refractivity (Wildman–Crippen MR) is 94.2 cm³/mol. The molecule has 3 rings (SSSR count). The van der Waals surface area contributed by atoms with E-state index in [2.05, 4.69) is 5.10 Å². The molecule has 0 radical (unpaired) electrons. The minimum Gasteiger partial charge on any atom is -0.480 e. The van der Waals surface area contributed by atoms with Crippen LogP contribution in [-0.4, -0.2) is 46.5 Å². The highest BCUT2D eigenvalue weighted by molar-refractivity contribution is 6.33. The van der Waals surface area contributed by atoms with E-state index in [0.717, 1.165) is 4.68 Å². The van der Waals surface area contributed by atoms with Crippen LogP contribution in [0.3, 0.4) is 0 Å². The number of rotatable bonds is 4. The maximum Gasteiger partial charge on any atom is 0.340 e. The first kappa shape index (κ1) is 17.9. The number of halogens is 1. The van der Waals surface area contributed by atoms with Crippen LogP contribution in [-0.2, 0) is 9.53 Å². The first-order chi connectivity index (χ1) is 12.5. The zero-order valence-electron chi connectivity index (χ0n) is 13.9. The second-order valence-corrected chi connectivity index (χ2v) is 6.14. The van der Waals surface area contributed by atoms with E-state index in [1.54, 1.807) is 23.1 Å². The van der Waals surface area contributed by atoms with Crippen molar-refractivity contribution in [3.63, 3.8) is 0 Å². The average Bonchev–Trinajstić information content (AvgIpc) is 3.13. The molecule has 0 aliphatic carbocycles. The van der Waals surface area contributed by atoms with E-state index in [9.17, 15) is 19.5 Å². The van der Waals surface area contributed by atoms with Crippen molar-refractivity contribution in [2.45, 2.75) is 18.9 Å². The van der Waals surface area contributed by atoms with Gasteiger partial charge in [-0.3, -0.25) is 4.79 Å². The monoisotopic (exact) mass is 377 g/mol. The van der Waals surface area contributed by atoms with E-state index in [0.29, 0.717) is 19.4 Å². The standard InChI is InChI=1S/C17H16ClN3O5/c1-26-17(25)10-5-2-3-6-11(10)21-15(22)14(18)13(9-19-21)20-8-4-7-12(20)16(23)24/h2-3,5-6,9,12H,4,7-8H2,1H3,(H,23,24)/t12-/m0/s1. The van der Waals surface area contributed by atoms with Gasteiger partial charge in [0.05, 0.1) is 30.2 Å². The number of aromatic nitrogens is 2. The van der Waals surface area contributed by atoms with Crippen molar-refractivity contribution in [1.82, 2.24) is 9.78 Å². The van der Waals surface area contributed by atoms with Gasteiger partial charge in [0.2, 0.25) is 0 Å². The van der Waals surface area contributed by atoms with Gasteiger partial charge in [-0.2, -0.15) is 9.78 Å². The molecule has 1 N–H and O–H groups in total. The van der Waals surface area contributed by atoms with Crippen molar-refractivity contribution < 1.29 is 19.4 Å². The highest BCUT2D eigenvalue weighted by Crippen LogP contribution is 2.29. The molecular formula is C17H16ClN3O5. The summed E-state index contributed by atoms with van der Waals surface area (Å²) in [4.78, 5) is 37.6. The van der Waals surface area contributed by atoms with E-state index < -0.39 is 23.5 Å². The van der Waals surface area contributed by atoms with E-state index in [4.69, 9.17) is 16.3 Å². The third kappa shape index (κ3) is 3.03. The van der Waals surface area contributed by atoms with Gasteiger partial charge in [-0.15, -0.1) is 0 Å². The summed E-state index contributed by atoms with van der Waals surface area (Å²) in [6.07, 6.45) is 2.50. The Balaban J connectivity index is 2.09. The minimum atomic E-state index is -0.973. The molecule has 1 atom stereocenters. The van der Waals surface area contributed by atoms with E-state index in [1.165, 1.54) is 19.4 Å². The number of ether oxygens (including phenoxy) is 1. The number of aliphatic carboxylic acids is 1. The van der Waals surface area contributed by atoms with Crippen LogP contribution in [0.15, 0.2) is 35.3 Å². The lowest BCUT2D eigenvalue weighted by atomic mass is 10.2. The predicted octanol–water partition coefficient (Wildman–Crippen LogP) is 1.73. The molecule has 1 aromatic heterocycles. The first-order valence-corrected chi connectivity index (χ1v) is 8.28. The van der Waals surface area contributed by atoms with Gasteiger partial charge in [0.25, 0.3) is 5.56 Å². The maximum absolute atomic E-state index is 12.7. The fraction of sp³-hybridized carbons (Fsp3) is 0.294. The highest BCUT2D eigenvalue weighted by atomic mass is 35.5. The Bertz CT molecular complexity index is 927. The van der Waals surface area contributed by atoms with Gasteiger partial charge < -0.3 is 14.7 Å². The summed E-state index contributed by atoms with van der Waals surface area (Å²) in [5.74, 6) is -1.58. The third-order valence-electron chi connectivity index (χ3n) is 4.29. The Hall–Kier alpha value is -2.87. The molecule has 1 fully saturated rings. The molecule has 1 aliphatic heterocycles. The van der Waals surface area contributed by atoms with Crippen molar-refractivity contribution in [1.29, 1.82) is 0 Å². The number of para-hydroxylation sites is 1. The van der Waals surface area contributed by atoms with Crippen molar-refractivity contribution in [2.75, 3.05) is 18.6 Å². The molecule has 0 saturated carbocycles. The van der Waals surface area contributed by atoms with Crippen molar-refractivity contribution in [2.24, 2.45) is 0 Å². The molecule has 0 bridgehead atoms. The van der Waals surface area contributed by atoms with Gasteiger partial charge in [0, 0.05) is 6.54 Å². The number of hydrogen-bond donors (Lipinski definition) is 1. The van der Waals surface area contributed by atoms with Crippen LogP contribution in [0, 0.1) is 0 Å². The SMILES string of the molecule is COC(=O)c1ccccc1-n1ncc(N2CCC[C@H]2C(=O)O)c(Cl)c1=O. The molecule has 26 heavy (non-hydrogen) atoms. The highest BCUT2D eigenvalue weighted by Gasteiger charge is 2.33. The lowest BCUT2D eigenvalue weighted by Crippen LogP contribution is -2.37. The van der Waals surface area contributed by atoms with Crippen LogP contribution in [0.1, 0.15) is 23.2 Å². The summed E-state index contributed by atoms with van der Waals surface area (Å²) in [6, 6.07) is 5.61. The summed E-state index contributed by atoms with van der Waals surface area (Å²) in [5, 5.41) is 13.3. The second-order valence-electron chi connectivity index (χ2n) is 5.76. The van der Waals surface area contributed by atoms with Crippen molar-refractivity contribution in [3.05, 3.63) is 51.4 Å². The minimum absolute atomic E-state index is 0.146. The number of carbonyl (C=O) groups is 2. The Labute approximate surface area is 153 Å². The lowest BCUT2D eigenvalue weighted by Gasteiger charge is -2.24. The molecule has 2 aromatic rings. The molecule has 8 nitrogen and oxygen atoms in total. The van der Waals surface area contributed by atoms with Gasteiger partial charge >= 0.3 is 11.9 Å². The quantitative estimate of drug-likeness (QED) is 0.809. The Morgan fingerprint density at radius 1 is 1.31 bits per heavy atom. The van der Waals surface area contributed by atoms with E-state index >= 15 is 0 Å². The summed E-state index contributed by atoms with van der Waals surface area (Å²) in [6.45, 7) is 0.473. The number of benzene rings is 1. The molecular weight excluding hydrogens is 362 g/mol. The number of nitrogens with zero attached hydrogens (tertiary/aromatic N) is 3. The number of methoxy groups -OCH3 is 1. The van der Waals surface area contributed by atoms with Crippen molar-refractivity contribution >= 4 is 29.2 Å². The zero-order chi connectivity index (χ0) is 18.8. The largest absolute Gasteiger partial charge is 0.480 e. The summed E-state index contributed by atoms with van der Waals surface area (Å²) in [5.41, 5.74) is 0.0249. The van der Waals surface area contributed by atoms with E-state index in [1.807, 2.05) is 0 Å². The number of carboxylic acids is 1. The van der Waals surface area contributed by atoms with Gasteiger partial charge in [0.15, 0.2) is 0 Å². The van der Waals surface area contributed by atoms with Crippen molar-refractivity contribution in [3.8, 4) is 5.69 Å². The maximum atomic E-state index is 12.7. The fourth-order valence-corrected chi connectivity index (χ4v) is 3.29. The smallest absolute Gasteiger partial charge is 0.340 e. The number of esters is 1. The number of carbonyl (C=O) groups excluding carboxylic acids is 1. The number of anilines is 1. The lowest BCUT2D eigenvalue weighted by molar-refractivity contribution is -0.138. The zero-order valence-corrected chi connectivity index (χ0v) is 14.6. The molecule has 1 aromatic carbocycles. The Morgan fingerprint density at radius 3 is 2.73 bits per heavy atom. The average molecular weight is 378 g/mol. The molecule has 9 heteroatoms. The molecule has 1 saturated heterocycles. The number of carboxylic acid groups (broad SMARTS) is 1. The first-order valence-electron chi connectivity index (χ1n) is 7.90. The van der Waals surface area contributed by atoms with Gasteiger partial charge in [-0.1, -0.05) is 23.7 Å². The molecule has 1 aliphatic rings. The van der Waals surface area contributed by atoms with Gasteiger partial charge in [-0.25, -0.2) is 9.59 Å². The summed E-state index contributed by atoms with van der Waals surface area (Å²) < 4.78 is 5.73. The fourth-order valence-electron chi connectivity index (χ4n) is 3.05. The molecule has 2 heterocycles. The topological polar surface area (TPSA) is 102 Å².